The van der Waals surface area contributed by atoms with Crippen LogP contribution in [-0.2, 0) is 0 Å². The highest BCUT2D eigenvalue weighted by atomic mass is 16.5. The molecule has 5 rings (SSSR count). The number of ether oxygens (including phenoxy) is 4. The van der Waals surface area contributed by atoms with Gasteiger partial charge >= 0.3 is 0 Å². The van der Waals surface area contributed by atoms with Crippen LogP contribution < -0.4 is 18.9 Å². The van der Waals surface area contributed by atoms with E-state index in [-0.39, 0.29) is 23.7 Å². The van der Waals surface area contributed by atoms with Crippen molar-refractivity contribution in [1.29, 1.82) is 0 Å². The average molecular weight is 593 g/mol. The van der Waals surface area contributed by atoms with Gasteiger partial charge in [0.25, 0.3) is 0 Å². The smallest absolute Gasteiger partial charge is 0.126 e. The molecule has 0 spiro atoms. The minimum atomic E-state index is 0.00128. The highest BCUT2D eigenvalue weighted by molar-refractivity contribution is 5.59. The third kappa shape index (κ3) is 5.23. The monoisotopic (exact) mass is 592 g/mol. The lowest BCUT2D eigenvalue weighted by molar-refractivity contribution is 0.383. The molecule has 8 bridgehead atoms. The van der Waals surface area contributed by atoms with Crippen LogP contribution in [0, 0.1) is 27.7 Å². The highest BCUT2D eigenvalue weighted by Crippen LogP contribution is 2.47. The quantitative estimate of drug-likeness (QED) is 0.236. The summed E-state index contributed by atoms with van der Waals surface area (Å²) in [6, 6.07) is 18.2. The zero-order valence-corrected chi connectivity index (χ0v) is 28.6. The largest absolute Gasteiger partial charge is 0.496 e. The molecule has 0 fully saturated rings. The van der Waals surface area contributed by atoms with Crippen LogP contribution in [0.3, 0.4) is 0 Å². The van der Waals surface area contributed by atoms with Gasteiger partial charge in [-0.15, -0.1) is 0 Å². The normalized spacial score (nSPS) is 19.4. The third-order valence-electron chi connectivity index (χ3n) is 10.2. The van der Waals surface area contributed by atoms with Gasteiger partial charge in [-0.25, -0.2) is 0 Å². The van der Waals surface area contributed by atoms with Gasteiger partial charge in [0.05, 0.1) is 28.4 Å². The van der Waals surface area contributed by atoms with E-state index >= 15 is 0 Å². The minimum absolute atomic E-state index is 0.00128. The van der Waals surface area contributed by atoms with E-state index in [1.807, 2.05) is 6.07 Å². The van der Waals surface area contributed by atoms with Crippen molar-refractivity contribution in [2.45, 2.75) is 79.1 Å². The first-order valence-electron chi connectivity index (χ1n) is 15.7. The Morgan fingerprint density at radius 1 is 0.318 bits per heavy atom. The van der Waals surface area contributed by atoms with Gasteiger partial charge in [-0.2, -0.15) is 0 Å². The highest BCUT2D eigenvalue weighted by Gasteiger charge is 2.28. The molecule has 0 aromatic heterocycles. The molecular formula is C40H48O4. The first kappa shape index (κ1) is 31.5. The van der Waals surface area contributed by atoms with Crippen molar-refractivity contribution in [2.24, 2.45) is 0 Å². The summed E-state index contributed by atoms with van der Waals surface area (Å²) >= 11 is 0. The number of fused-ring (bicyclic) bond motifs is 8. The van der Waals surface area contributed by atoms with E-state index in [1.165, 1.54) is 44.5 Å². The van der Waals surface area contributed by atoms with Crippen molar-refractivity contribution in [3.8, 4) is 23.0 Å². The molecule has 0 heterocycles. The number of aryl methyl sites for hydroxylation is 4. The van der Waals surface area contributed by atoms with E-state index in [2.05, 4.69) is 97.9 Å². The molecule has 1 aliphatic carbocycles. The third-order valence-corrected chi connectivity index (χ3v) is 10.2. The standard InChI is InChI=1S/C40H48O4/c1-21-13-22(2)30-16-29(21)25(5)31-17-33(37(41-9)14-23(31)3)27(7)35-19-36(40(44-12)20-39(35)43-11)28(8)34-18-32(26(30)6)24(4)15-38(34)42-10/h13-20,25-28H,1-12H3. The summed E-state index contributed by atoms with van der Waals surface area (Å²) in [5, 5.41) is 0. The number of rotatable bonds is 4. The Kier molecular flexibility index (Phi) is 8.75. The summed E-state index contributed by atoms with van der Waals surface area (Å²) in [7, 11) is 6.98. The molecule has 4 aromatic rings. The molecule has 4 unspecified atom stereocenters. The van der Waals surface area contributed by atoms with Gasteiger partial charge in [-0.1, -0.05) is 52.0 Å². The van der Waals surface area contributed by atoms with Crippen LogP contribution in [0.15, 0.2) is 48.5 Å². The number of methoxy groups -OCH3 is 4. The minimum Gasteiger partial charge on any atom is -0.496 e. The molecular weight excluding hydrogens is 544 g/mol. The zero-order valence-electron chi connectivity index (χ0n) is 28.6. The lowest BCUT2D eigenvalue weighted by atomic mass is 9.78. The molecule has 4 heteroatoms. The summed E-state index contributed by atoms with van der Waals surface area (Å²) in [5.74, 6) is 3.78. The zero-order chi connectivity index (χ0) is 32.0. The van der Waals surface area contributed by atoms with Crippen LogP contribution in [0.25, 0.3) is 0 Å². The second-order valence-electron chi connectivity index (χ2n) is 12.7. The van der Waals surface area contributed by atoms with Crippen molar-refractivity contribution < 1.29 is 18.9 Å². The van der Waals surface area contributed by atoms with E-state index in [0.29, 0.717) is 0 Å². The van der Waals surface area contributed by atoms with Crippen molar-refractivity contribution in [3.63, 3.8) is 0 Å². The Morgan fingerprint density at radius 2 is 0.545 bits per heavy atom. The fourth-order valence-electron chi connectivity index (χ4n) is 7.51. The van der Waals surface area contributed by atoms with Crippen LogP contribution in [0.4, 0.5) is 0 Å². The van der Waals surface area contributed by atoms with Crippen LogP contribution in [-0.4, -0.2) is 28.4 Å². The van der Waals surface area contributed by atoms with Crippen LogP contribution >= 0.6 is 0 Å². The maximum absolute atomic E-state index is 6.01. The van der Waals surface area contributed by atoms with Gasteiger partial charge < -0.3 is 18.9 Å². The second-order valence-corrected chi connectivity index (χ2v) is 12.7. The van der Waals surface area contributed by atoms with Crippen molar-refractivity contribution in [2.75, 3.05) is 28.4 Å². The van der Waals surface area contributed by atoms with E-state index in [4.69, 9.17) is 18.9 Å². The molecule has 0 saturated carbocycles. The Balaban J connectivity index is 1.91. The predicted octanol–water partition coefficient (Wildman–Crippen LogP) is 9.88. The van der Waals surface area contributed by atoms with E-state index in [9.17, 15) is 0 Å². The molecule has 0 radical (unpaired) electrons. The Bertz CT molecular complexity index is 1600. The average Bonchev–Trinajstić information content (AvgIpc) is 3.02. The van der Waals surface area contributed by atoms with Crippen LogP contribution in [0.2, 0.25) is 0 Å². The van der Waals surface area contributed by atoms with Gasteiger partial charge in [-0.3, -0.25) is 0 Å². The predicted molar refractivity (Wildman–Crippen MR) is 181 cm³/mol. The van der Waals surface area contributed by atoms with Crippen molar-refractivity contribution in [3.05, 3.63) is 115 Å². The van der Waals surface area contributed by atoms with Gasteiger partial charge in [0.2, 0.25) is 0 Å². The van der Waals surface area contributed by atoms with Gasteiger partial charge in [0.1, 0.15) is 23.0 Å². The maximum Gasteiger partial charge on any atom is 0.126 e. The summed E-state index contributed by atoms with van der Waals surface area (Å²) in [6.45, 7) is 18.0. The van der Waals surface area contributed by atoms with E-state index in [1.54, 1.807) is 28.4 Å². The fourth-order valence-corrected chi connectivity index (χ4v) is 7.51. The topological polar surface area (TPSA) is 36.9 Å². The van der Waals surface area contributed by atoms with E-state index < -0.39 is 0 Å². The van der Waals surface area contributed by atoms with E-state index in [0.717, 1.165) is 45.3 Å². The molecule has 232 valence electrons. The molecule has 4 nitrogen and oxygen atoms in total. The molecule has 0 aliphatic heterocycles. The molecule has 4 atom stereocenters. The van der Waals surface area contributed by atoms with Crippen LogP contribution in [0.5, 0.6) is 23.0 Å². The fraction of sp³-hybridized carbons (Fsp3) is 0.400. The first-order chi connectivity index (χ1) is 20.9. The molecule has 0 amide bonds. The summed E-state index contributed by atoms with van der Waals surface area (Å²) in [5.41, 5.74) is 14.9. The number of hydrogen-bond acceptors (Lipinski definition) is 4. The van der Waals surface area contributed by atoms with Crippen LogP contribution in [0.1, 0.15) is 118 Å². The Labute approximate surface area is 264 Å². The van der Waals surface area contributed by atoms with Crippen molar-refractivity contribution in [1.82, 2.24) is 0 Å². The van der Waals surface area contributed by atoms with Gasteiger partial charge in [0.15, 0.2) is 0 Å². The first-order valence-corrected chi connectivity index (χ1v) is 15.7. The lowest BCUT2D eigenvalue weighted by Crippen LogP contribution is -2.11. The summed E-state index contributed by atoms with van der Waals surface area (Å²) in [6.07, 6.45) is 0. The molecule has 0 saturated heterocycles. The summed E-state index contributed by atoms with van der Waals surface area (Å²) < 4.78 is 24.0. The molecule has 0 N–H and O–H groups in total. The Morgan fingerprint density at radius 3 is 0.864 bits per heavy atom. The van der Waals surface area contributed by atoms with Gasteiger partial charge in [0, 0.05) is 52.0 Å². The maximum atomic E-state index is 6.01. The second kappa shape index (κ2) is 12.2. The molecule has 4 aromatic carbocycles. The molecule has 44 heavy (non-hydrogen) atoms. The summed E-state index contributed by atoms with van der Waals surface area (Å²) in [4.78, 5) is 0. The lowest BCUT2D eigenvalue weighted by Gasteiger charge is -2.28. The number of benzene rings is 4. The molecule has 1 aliphatic rings. The Hall–Kier alpha value is -3.92. The SMILES string of the molecule is COc1cc(C)c2cc1C(C)c1cc(c(OC)cc1OC)C(C)c1cc(c(C)cc1OC)C(C)c1cc(c(C)cc1C)C2C. The van der Waals surface area contributed by atoms with Gasteiger partial charge in [-0.05, 0) is 90.4 Å². The van der Waals surface area contributed by atoms with Crippen molar-refractivity contribution >= 4 is 0 Å². The number of hydrogen-bond donors (Lipinski definition) is 0.